The predicted molar refractivity (Wildman–Crippen MR) is 105 cm³/mol. The number of thiazole rings is 1. The number of rotatable bonds is 2. The molecular formula is C19H17N3OS2. The van der Waals surface area contributed by atoms with Gasteiger partial charge in [0.1, 0.15) is 14.2 Å². The summed E-state index contributed by atoms with van der Waals surface area (Å²) in [5.74, 6) is 0. The zero-order chi connectivity index (χ0) is 17.4. The fourth-order valence-electron chi connectivity index (χ4n) is 2.86. The molecule has 0 fully saturated rings. The number of benzene rings is 1. The van der Waals surface area contributed by atoms with E-state index in [1.165, 1.54) is 16.2 Å². The van der Waals surface area contributed by atoms with Crippen molar-refractivity contribution in [1.29, 1.82) is 0 Å². The Morgan fingerprint density at radius 2 is 1.96 bits per heavy atom. The molecule has 1 aliphatic rings. The highest BCUT2D eigenvalue weighted by molar-refractivity contribution is 8.08. The fourth-order valence-corrected chi connectivity index (χ4v) is 5.32. The van der Waals surface area contributed by atoms with Crippen LogP contribution in [0.3, 0.4) is 0 Å². The third-order valence-corrected chi connectivity index (χ3v) is 6.60. The van der Waals surface area contributed by atoms with Crippen molar-refractivity contribution >= 4 is 39.9 Å². The van der Waals surface area contributed by atoms with Crippen molar-refractivity contribution in [1.82, 2.24) is 9.55 Å². The molecule has 0 saturated carbocycles. The van der Waals surface area contributed by atoms with Crippen molar-refractivity contribution in [2.45, 2.75) is 18.4 Å². The molecule has 1 aromatic carbocycles. The van der Waals surface area contributed by atoms with Crippen LogP contribution < -0.4 is 19.7 Å². The molecular weight excluding hydrogens is 350 g/mol. The van der Waals surface area contributed by atoms with Crippen LogP contribution in [-0.4, -0.2) is 16.6 Å². The zero-order valence-electron chi connectivity index (χ0n) is 14.0. The van der Waals surface area contributed by atoms with E-state index in [2.05, 4.69) is 22.0 Å². The standard InChI is InChI=1S/C19H17N3OS2/c1-3-22-16(12-13-8-6-7-11-20-13)25-17(18(22)23)19-21(2)14-9-4-5-10-15(14)24-19/h4-12H,3H2,1-2H3/b16-12-,19-17+. The van der Waals surface area contributed by atoms with Crippen LogP contribution in [0, 0.1) is 0 Å². The van der Waals surface area contributed by atoms with Gasteiger partial charge in [-0.15, -0.1) is 11.3 Å². The van der Waals surface area contributed by atoms with Gasteiger partial charge in [-0.05, 0) is 37.3 Å². The second kappa shape index (κ2) is 6.54. The molecule has 1 aliphatic heterocycles. The summed E-state index contributed by atoms with van der Waals surface area (Å²) in [7, 11) is 2.02. The van der Waals surface area contributed by atoms with Gasteiger partial charge in [-0.2, -0.15) is 0 Å². The van der Waals surface area contributed by atoms with E-state index >= 15 is 0 Å². The van der Waals surface area contributed by atoms with E-state index in [9.17, 15) is 4.79 Å². The van der Waals surface area contributed by atoms with Crippen molar-refractivity contribution in [2.75, 3.05) is 11.9 Å². The van der Waals surface area contributed by atoms with Gasteiger partial charge in [0, 0.05) is 24.7 Å². The van der Waals surface area contributed by atoms with Crippen LogP contribution in [0.15, 0.2) is 58.4 Å². The third-order valence-electron chi connectivity index (χ3n) is 4.12. The molecule has 0 amide bonds. The summed E-state index contributed by atoms with van der Waals surface area (Å²) in [5.41, 5.74) is 2.07. The Bertz CT molecular complexity index is 1100. The second-order valence-corrected chi connectivity index (χ2v) is 7.71. The highest BCUT2D eigenvalue weighted by Crippen LogP contribution is 2.44. The Labute approximate surface area is 153 Å². The summed E-state index contributed by atoms with van der Waals surface area (Å²) >= 11 is 3.19. The molecule has 3 heterocycles. The van der Waals surface area contributed by atoms with Gasteiger partial charge in [-0.1, -0.05) is 30.0 Å². The molecule has 4 rings (SSSR count). The maximum absolute atomic E-state index is 13.0. The Balaban J connectivity index is 1.94. The normalized spacial score (nSPS) is 16.4. The van der Waals surface area contributed by atoms with Crippen LogP contribution in [0.1, 0.15) is 12.6 Å². The molecule has 4 nitrogen and oxygen atoms in total. The Hall–Kier alpha value is -2.31. The molecule has 0 unspecified atom stereocenters. The summed E-state index contributed by atoms with van der Waals surface area (Å²) in [5, 5.41) is 0.999. The number of aromatic nitrogens is 2. The minimum absolute atomic E-state index is 0.0665. The van der Waals surface area contributed by atoms with E-state index in [0.29, 0.717) is 6.54 Å². The lowest BCUT2D eigenvalue weighted by Gasteiger charge is -2.11. The van der Waals surface area contributed by atoms with Crippen LogP contribution in [-0.2, 0) is 6.54 Å². The Morgan fingerprint density at radius 1 is 1.16 bits per heavy atom. The lowest BCUT2D eigenvalue weighted by Crippen LogP contribution is -2.33. The lowest BCUT2D eigenvalue weighted by atomic mass is 10.3. The summed E-state index contributed by atoms with van der Waals surface area (Å²) < 4.78 is 3.53. The van der Waals surface area contributed by atoms with Gasteiger partial charge >= 0.3 is 0 Å². The average molecular weight is 367 g/mol. The molecule has 0 radical (unpaired) electrons. The van der Waals surface area contributed by atoms with E-state index in [1.54, 1.807) is 18.0 Å². The molecule has 3 aromatic rings. The van der Waals surface area contributed by atoms with E-state index < -0.39 is 0 Å². The van der Waals surface area contributed by atoms with Gasteiger partial charge in [-0.25, -0.2) is 0 Å². The smallest absolute Gasteiger partial charge is 0.271 e. The fraction of sp³-hybridized carbons (Fsp3) is 0.158. The lowest BCUT2D eigenvalue weighted by molar-refractivity contribution is 0.722. The minimum Gasteiger partial charge on any atom is -0.337 e. The van der Waals surface area contributed by atoms with Crippen LogP contribution in [0.2, 0.25) is 0 Å². The quantitative estimate of drug-likeness (QED) is 0.697. The summed E-state index contributed by atoms with van der Waals surface area (Å²) in [6, 6.07) is 14.0. The highest BCUT2D eigenvalue weighted by Gasteiger charge is 2.24. The first kappa shape index (κ1) is 16.2. The van der Waals surface area contributed by atoms with E-state index in [0.717, 1.165) is 25.6 Å². The van der Waals surface area contributed by atoms with Crippen LogP contribution >= 0.6 is 23.1 Å². The van der Waals surface area contributed by atoms with E-state index in [-0.39, 0.29) is 5.56 Å². The molecule has 2 aromatic heterocycles. The van der Waals surface area contributed by atoms with E-state index in [4.69, 9.17) is 0 Å². The molecule has 0 atom stereocenters. The van der Waals surface area contributed by atoms with Gasteiger partial charge in [0.05, 0.1) is 11.4 Å². The van der Waals surface area contributed by atoms with Gasteiger partial charge in [0.2, 0.25) is 0 Å². The van der Waals surface area contributed by atoms with Crippen molar-refractivity contribution in [3.05, 3.63) is 73.9 Å². The first-order valence-corrected chi connectivity index (χ1v) is 9.69. The largest absolute Gasteiger partial charge is 0.337 e. The maximum atomic E-state index is 13.0. The molecule has 0 saturated heterocycles. The molecule has 126 valence electrons. The number of hydrogen-bond acceptors (Lipinski definition) is 5. The van der Waals surface area contributed by atoms with E-state index in [1.807, 2.05) is 54.9 Å². The van der Waals surface area contributed by atoms with Gasteiger partial charge < -0.3 is 4.90 Å². The third kappa shape index (κ3) is 2.81. The molecule has 0 N–H and O–H groups in total. The van der Waals surface area contributed by atoms with Crippen LogP contribution in [0.25, 0.3) is 11.1 Å². The van der Waals surface area contributed by atoms with Crippen LogP contribution in [0.4, 0.5) is 5.69 Å². The summed E-state index contributed by atoms with van der Waals surface area (Å²) in [6.07, 6.45) is 3.74. The molecule has 0 spiro atoms. The highest BCUT2D eigenvalue weighted by atomic mass is 32.2. The van der Waals surface area contributed by atoms with Crippen molar-refractivity contribution < 1.29 is 0 Å². The summed E-state index contributed by atoms with van der Waals surface area (Å²) in [4.78, 5) is 20.6. The Morgan fingerprint density at radius 3 is 2.68 bits per heavy atom. The monoisotopic (exact) mass is 367 g/mol. The number of thioether (sulfide) groups is 1. The number of pyridine rings is 1. The SMILES string of the molecule is CCn1c(=O)/c(=C2\Sc3ccccc3N2C)s/c1=C\c1ccccn1. The van der Waals surface area contributed by atoms with Gasteiger partial charge in [0.15, 0.2) is 0 Å². The summed E-state index contributed by atoms with van der Waals surface area (Å²) in [6.45, 7) is 2.64. The number of nitrogens with zero attached hydrogens (tertiary/aromatic N) is 3. The van der Waals surface area contributed by atoms with Crippen molar-refractivity contribution in [3.8, 4) is 0 Å². The number of anilines is 1. The first-order valence-electron chi connectivity index (χ1n) is 8.06. The number of hydrogen-bond donors (Lipinski definition) is 0. The number of fused-ring (bicyclic) bond motifs is 1. The molecule has 6 heteroatoms. The van der Waals surface area contributed by atoms with Gasteiger partial charge in [0.25, 0.3) is 5.56 Å². The topological polar surface area (TPSA) is 38.1 Å². The van der Waals surface area contributed by atoms with Gasteiger partial charge in [-0.3, -0.25) is 14.3 Å². The van der Waals surface area contributed by atoms with Crippen LogP contribution in [0.5, 0.6) is 0 Å². The average Bonchev–Trinajstić information content (AvgIpc) is 3.13. The molecule has 0 aliphatic carbocycles. The van der Waals surface area contributed by atoms with Crippen molar-refractivity contribution in [2.24, 2.45) is 0 Å². The molecule has 0 bridgehead atoms. The minimum atomic E-state index is 0.0665. The maximum Gasteiger partial charge on any atom is 0.271 e. The number of para-hydroxylation sites is 1. The molecule has 25 heavy (non-hydrogen) atoms. The van der Waals surface area contributed by atoms with Crippen molar-refractivity contribution in [3.63, 3.8) is 0 Å². The first-order chi connectivity index (χ1) is 12.2. The zero-order valence-corrected chi connectivity index (χ0v) is 15.6. The Kier molecular flexibility index (Phi) is 4.23. The second-order valence-electron chi connectivity index (χ2n) is 5.65. The predicted octanol–water partition coefficient (Wildman–Crippen LogP) is 2.46.